The van der Waals surface area contributed by atoms with Crippen molar-refractivity contribution < 1.29 is 18.3 Å². The number of nitrogens with two attached hydrogens (primary N) is 1. The number of nitrogens with zero attached hydrogens (tertiary/aromatic N) is 2. The molecule has 1 aliphatic carbocycles. The number of nitrogens with one attached hydrogen (secondary N) is 1. The van der Waals surface area contributed by atoms with E-state index in [1.54, 1.807) is 23.6 Å². The van der Waals surface area contributed by atoms with Crippen molar-refractivity contribution in [3.8, 4) is 5.75 Å². The fourth-order valence-corrected chi connectivity index (χ4v) is 3.24. The van der Waals surface area contributed by atoms with Crippen LogP contribution in [0.3, 0.4) is 0 Å². The van der Waals surface area contributed by atoms with Gasteiger partial charge in [0.25, 0.3) is 5.91 Å². The number of ether oxygens (including phenoxy) is 1. The molecule has 3 unspecified atom stereocenters. The molecule has 6 nitrogen and oxygen atoms in total. The van der Waals surface area contributed by atoms with Crippen LogP contribution in [0.2, 0.25) is 0 Å². The number of carbonyl (C=O) groups excluding carboxylic acids is 1. The third kappa shape index (κ3) is 4.53. The number of amides is 1. The zero-order chi connectivity index (χ0) is 22.1. The van der Waals surface area contributed by atoms with Crippen molar-refractivity contribution in [3.05, 3.63) is 53.3 Å². The van der Waals surface area contributed by atoms with E-state index in [4.69, 9.17) is 10.5 Å². The number of allylic oxidation sites excluding steroid dienone is 3. The van der Waals surface area contributed by atoms with Crippen LogP contribution >= 0.6 is 0 Å². The number of rotatable bonds is 7. The number of aryl methyl sites for hydroxylation is 2. The summed E-state index contributed by atoms with van der Waals surface area (Å²) in [6.07, 6.45) is 4.93. The topological polar surface area (TPSA) is 81.6 Å². The average Bonchev–Trinajstić information content (AvgIpc) is 3.01. The quantitative estimate of drug-likeness (QED) is 0.720. The summed E-state index contributed by atoms with van der Waals surface area (Å²) >= 11 is 0. The Labute approximate surface area is 174 Å². The number of halogens is 2. The maximum absolute atomic E-state index is 14.0. The van der Waals surface area contributed by atoms with Crippen LogP contribution in [0.4, 0.5) is 8.78 Å². The lowest BCUT2D eigenvalue weighted by Crippen LogP contribution is -2.47. The third-order valence-corrected chi connectivity index (χ3v) is 5.38. The van der Waals surface area contributed by atoms with Crippen molar-refractivity contribution in [2.75, 3.05) is 13.2 Å². The molecule has 0 aromatic carbocycles. The van der Waals surface area contributed by atoms with E-state index in [1.165, 1.54) is 18.2 Å². The second-order valence-electron chi connectivity index (χ2n) is 8.11. The number of hydrogen-bond acceptors (Lipinski definition) is 4. The highest BCUT2D eigenvalue weighted by Crippen LogP contribution is 2.28. The highest BCUT2D eigenvalue weighted by atomic mass is 19.1. The molecule has 162 valence electrons. The van der Waals surface area contributed by atoms with Gasteiger partial charge in [0.05, 0.1) is 11.6 Å². The molecular formula is C22H28F2N4O2. The highest BCUT2D eigenvalue weighted by Gasteiger charge is 2.27. The molecular weight excluding hydrogens is 390 g/mol. The lowest BCUT2D eigenvalue weighted by Gasteiger charge is -2.23. The third-order valence-electron chi connectivity index (χ3n) is 5.38. The zero-order valence-electron chi connectivity index (χ0n) is 17.7. The van der Waals surface area contributed by atoms with Gasteiger partial charge in [0, 0.05) is 18.3 Å². The van der Waals surface area contributed by atoms with E-state index in [0.717, 1.165) is 5.56 Å². The SMILES string of the molecule is CCC(C)(N)CNC(=O)c1c(C)nc2c(OCC3C(F)=CC=CC3F)cc(C)cn12. The Balaban J connectivity index is 1.87. The van der Waals surface area contributed by atoms with E-state index in [0.29, 0.717) is 35.8 Å². The summed E-state index contributed by atoms with van der Waals surface area (Å²) in [5.74, 6) is -1.50. The molecule has 8 heteroatoms. The minimum atomic E-state index is -1.46. The number of fused-ring (bicyclic) bond motifs is 1. The summed E-state index contributed by atoms with van der Waals surface area (Å²) in [5, 5.41) is 2.86. The zero-order valence-corrected chi connectivity index (χ0v) is 17.7. The van der Waals surface area contributed by atoms with Crippen LogP contribution in [0.5, 0.6) is 5.75 Å². The number of aromatic nitrogens is 2. The van der Waals surface area contributed by atoms with Crippen molar-refractivity contribution in [2.45, 2.75) is 45.8 Å². The normalized spacial score (nSPS) is 20.7. The number of carbonyl (C=O) groups is 1. The van der Waals surface area contributed by atoms with Gasteiger partial charge in [0.2, 0.25) is 0 Å². The van der Waals surface area contributed by atoms with Crippen molar-refractivity contribution in [3.63, 3.8) is 0 Å². The first-order chi connectivity index (χ1) is 14.1. The molecule has 0 bridgehead atoms. The van der Waals surface area contributed by atoms with Crippen LogP contribution in [0.15, 0.2) is 36.3 Å². The van der Waals surface area contributed by atoms with Crippen LogP contribution < -0.4 is 15.8 Å². The second kappa shape index (κ2) is 8.55. The lowest BCUT2D eigenvalue weighted by molar-refractivity contribution is 0.0937. The Kier molecular flexibility index (Phi) is 6.26. The van der Waals surface area contributed by atoms with Crippen LogP contribution in [-0.4, -0.2) is 40.2 Å². The van der Waals surface area contributed by atoms with Gasteiger partial charge in [-0.1, -0.05) is 13.0 Å². The van der Waals surface area contributed by atoms with E-state index in [9.17, 15) is 13.6 Å². The summed E-state index contributed by atoms with van der Waals surface area (Å²) < 4.78 is 35.4. The van der Waals surface area contributed by atoms with E-state index in [2.05, 4.69) is 10.3 Å². The monoisotopic (exact) mass is 418 g/mol. The summed E-state index contributed by atoms with van der Waals surface area (Å²) in [6.45, 7) is 7.55. The van der Waals surface area contributed by atoms with Crippen molar-refractivity contribution in [1.82, 2.24) is 14.7 Å². The molecule has 0 fully saturated rings. The number of hydrogen-bond donors (Lipinski definition) is 2. The minimum absolute atomic E-state index is 0.178. The van der Waals surface area contributed by atoms with E-state index >= 15 is 0 Å². The fraction of sp³-hybridized carbons (Fsp3) is 0.455. The molecule has 0 saturated carbocycles. The first-order valence-corrected chi connectivity index (χ1v) is 10.00. The average molecular weight is 418 g/mol. The number of imidazole rings is 1. The van der Waals surface area contributed by atoms with Gasteiger partial charge in [0.1, 0.15) is 24.3 Å². The van der Waals surface area contributed by atoms with E-state index in [-0.39, 0.29) is 12.5 Å². The van der Waals surface area contributed by atoms with Crippen LogP contribution in [0.1, 0.15) is 42.0 Å². The predicted octanol–water partition coefficient (Wildman–Crippen LogP) is 3.56. The van der Waals surface area contributed by atoms with E-state index in [1.807, 2.05) is 20.8 Å². The summed E-state index contributed by atoms with van der Waals surface area (Å²) in [7, 11) is 0. The molecule has 2 aromatic rings. The van der Waals surface area contributed by atoms with Crippen LogP contribution in [0, 0.1) is 19.8 Å². The van der Waals surface area contributed by atoms with Gasteiger partial charge in [-0.05, 0) is 51.0 Å². The van der Waals surface area contributed by atoms with Crippen molar-refractivity contribution >= 4 is 11.6 Å². The number of pyridine rings is 1. The lowest BCUT2D eigenvalue weighted by atomic mass is 9.98. The molecule has 0 spiro atoms. The molecule has 0 radical (unpaired) electrons. The van der Waals surface area contributed by atoms with Gasteiger partial charge in [-0.15, -0.1) is 0 Å². The van der Waals surface area contributed by atoms with E-state index < -0.39 is 23.5 Å². The molecule has 3 rings (SSSR count). The molecule has 3 atom stereocenters. The molecule has 1 aliphatic rings. The minimum Gasteiger partial charge on any atom is -0.489 e. The molecule has 0 aliphatic heterocycles. The van der Waals surface area contributed by atoms with Crippen molar-refractivity contribution in [2.24, 2.45) is 11.7 Å². The Morgan fingerprint density at radius 3 is 2.83 bits per heavy atom. The second-order valence-corrected chi connectivity index (χ2v) is 8.11. The summed E-state index contributed by atoms with van der Waals surface area (Å²) in [4.78, 5) is 17.3. The smallest absolute Gasteiger partial charge is 0.270 e. The maximum atomic E-state index is 14.0. The molecule has 1 amide bonds. The molecule has 0 saturated heterocycles. The Bertz CT molecular complexity index is 1010. The largest absolute Gasteiger partial charge is 0.489 e. The predicted molar refractivity (Wildman–Crippen MR) is 112 cm³/mol. The Hall–Kier alpha value is -2.74. The first-order valence-electron chi connectivity index (χ1n) is 10.00. The Morgan fingerprint density at radius 1 is 1.43 bits per heavy atom. The highest BCUT2D eigenvalue weighted by molar-refractivity contribution is 5.95. The standard InChI is InChI=1S/C22H28F2N4O2/c1-5-22(4,25)12-26-21(29)19-14(3)27-20-18(9-13(2)10-28(19)20)30-11-15-16(23)7-6-8-17(15)24/h6-10,15-16H,5,11-12,25H2,1-4H3,(H,26,29). The van der Waals surface area contributed by atoms with Crippen LogP contribution in [-0.2, 0) is 0 Å². The first kappa shape index (κ1) is 22.0. The molecule has 3 N–H and O–H groups in total. The van der Waals surface area contributed by atoms with Crippen molar-refractivity contribution in [1.29, 1.82) is 0 Å². The van der Waals surface area contributed by atoms with Gasteiger partial charge in [-0.2, -0.15) is 0 Å². The molecule has 2 heterocycles. The van der Waals surface area contributed by atoms with Gasteiger partial charge < -0.3 is 15.8 Å². The summed E-state index contributed by atoms with van der Waals surface area (Å²) in [6, 6.07) is 1.74. The van der Waals surface area contributed by atoms with Gasteiger partial charge in [-0.3, -0.25) is 9.20 Å². The Morgan fingerprint density at radius 2 is 2.17 bits per heavy atom. The van der Waals surface area contributed by atoms with Gasteiger partial charge in [0.15, 0.2) is 11.4 Å². The van der Waals surface area contributed by atoms with Gasteiger partial charge >= 0.3 is 0 Å². The molecule has 30 heavy (non-hydrogen) atoms. The van der Waals surface area contributed by atoms with Gasteiger partial charge in [-0.25, -0.2) is 13.8 Å². The fourth-order valence-electron chi connectivity index (χ4n) is 3.24. The van der Waals surface area contributed by atoms with Crippen LogP contribution in [0.25, 0.3) is 5.65 Å². The molecule has 2 aromatic heterocycles. The summed E-state index contributed by atoms with van der Waals surface area (Å²) in [5.41, 5.74) is 7.74. The maximum Gasteiger partial charge on any atom is 0.270 e. The number of alkyl halides is 1.